The van der Waals surface area contributed by atoms with Crippen LogP contribution in [0.2, 0.25) is 0 Å². The molecule has 0 radical (unpaired) electrons. The summed E-state index contributed by atoms with van der Waals surface area (Å²) in [5.41, 5.74) is 0. The van der Waals surface area contributed by atoms with Gasteiger partial charge in [0.25, 0.3) is 0 Å². The molecule has 1 amide bonds. The van der Waals surface area contributed by atoms with E-state index in [0.29, 0.717) is 11.7 Å². The number of aliphatic imine (C=N–C) groups is 1. The van der Waals surface area contributed by atoms with Gasteiger partial charge in [0, 0.05) is 31.4 Å². The van der Waals surface area contributed by atoms with Crippen molar-refractivity contribution in [3.8, 4) is 0 Å². The molecule has 0 spiro atoms. The molecule has 0 unspecified atom stereocenters. The minimum atomic E-state index is -0.810. The molecule has 106 valence electrons. The Balaban J connectivity index is 1.51. The first-order valence-electron chi connectivity index (χ1n) is 6.60. The average Bonchev–Trinajstić information content (AvgIpc) is 2.82. The first-order valence-corrected chi connectivity index (χ1v) is 8.23. The summed E-state index contributed by atoms with van der Waals surface area (Å²) in [5.74, 6) is -0.0837. The minimum Gasteiger partial charge on any atom is -0.348 e. The van der Waals surface area contributed by atoms with Gasteiger partial charge in [-0.05, 0) is 6.42 Å². The summed E-state index contributed by atoms with van der Waals surface area (Å²) in [7, 11) is 0. The number of halogens is 2. The van der Waals surface area contributed by atoms with Gasteiger partial charge in [0.15, 0.2) is 5.17 Å². The summed E-state index contributed by atoms with van der Waals surface area (Å²) in [6.07, 6.45) is 0.592. The number of amides is 1. The third-order valence-corrected chi connectivity index (χ3v) is 5.76. The first-order chi connectivity index (χ1) is 8.97. The Morgan fingerprint density at radius 1 is 1.37 bits per heavy atom. The fourth-order valence-electron chi connectivity index (χ4n) is 2.46. The fourth-order valence-corrected chi connectivity index (χ4v) is 3.94. The molecule has 4 nitrogen and oxygen atoms in total. The van der Waals surface area contributed by atoms with Crippen LogP contribution in [-0.4, -0.2) is 63.2 Å². The van der Waals surface area contributed by atoms with E-state index in [0.717, 1.165) is 37.9 Å². The molecule has 2 aliphatic heterocycles. The van der Waals surface area contributed by atoms with Crippen molar-refractivity contribution in [1.82, 2.24) is 9.80 Å². The van der Waals surface area contributed by atoms with Crippen LogP contribution in [0.15, 0.2) is 4.99 Å². The lowest BCUT2D eigenvalue weighted by Crippen LogP contribution is -2.50. The number of carbonyl (C=O) groups is 1. The van der Waals surface area contributed by atoms with Crippen molar-refractivity contribution in [3.63, 3.8) is 0 Å². The zero-order valence-electron chi connectivity index (χ0n) is 10.8. The Kier molecular flexibility index (Phi) is 3.65. The van der Waals surface area contributed by atoms with Crippen LogP contribution in [0.4, 0.5) is 0 Å². The number of rotatable bonds is 1. The van der Waals surface area contributed by atoms with Gasteiger partial charge in [-0.15, -0.1) is 23.2 Å². The predicted octanol–water partition coefficient (Wildman–Crippen LogP) is 1.82. The highest BCUT2D eigenvalue weighted by Crippen LogP contribution is 2.53. The van der Waals surface area contributed by atoms with E-state index >= 15 is 0 Å². The highest BCUT2D eigenvalue weighted by atomic mass is 35.5. The monoisotopic (exact) mass is 321 g/mol. The van der Waals surface area contributed by atoms with Gasteiger partial charge in [0.1, 0.15) is 4.33 Å². The molecule has 7 heteroatoms. The zero-order valence-corrected chi connectivity index (χ0v) is 13.1. The maximum Gasteiger partial charge on any atom is 0.228 e. The van der Waals surface area contributed by atoms with Crippen LogP contribution in [0.3, 0.4) is 0 Å². The van der Waals surface area contributed by atoms with E-state index in [4.69, 9.17) is 23.2 Å². The van der Waals surface area contributed by atoms with Crippen LogP contribution >= 0.6 is 35.0 Å². The predicted molar refractivity (Wildman–Crippen MR) is 80.1 cm³/mol. The van der Waals surface area contributed by atoms with Crippen LogP contribution in [0.1, 0.15) is 13.3 Å². The Morgan fingerprint density at radius 3 is 2.47 bits per heavy atom. The van der Waals surface area contributed by atoms with E-state index in [1.165, 1.54) is 0 Å². The van der Waals surface area contributed by atoms with Crippen molar-refractivity contribution in [2.24, 2.45) is 10.9 Å². The standard InChI is InChI=1S/C12H17Cl2N3OS/c1-8-7-15-11(19-8)17-4-2-16(3-5-17)10(18)9-6-12(9,13)14/h8-9H,2-7H2,1H3/t8-,9-/m1/s1. The number of alkyl halides is 2. The van der Waals surface area contributed by atoms with Gasteiger partial charge in [0.05, 0.1) is 12.5 Å². The lowest BCUT2D eigenvalue weighted by atomic mass is 10.3. The third-order valence-electron chi connectivity index (χ3n) is 3.78. The minimum absolute atomic E-state index is 0.110. The Morgan fingerprint density at radius 2 is 2.00 bits per heavy atom. The van der Waals surface area contributed by atoms with Gasteiger partial charge in [-0.2, -0.15) is 0 Å². The first kappa shape index (κ1) is 13.8. The molecule has 3 rings (SSSR count). The maximum atomic E-state index is 12.2. The summed E-state index contributed by atoms with van der Waals surface area (Å²) in [4.78, 5) is 20.9. The second kappa shape index (κ2) is 5.01. The summed E-state index contributed by atoms with van der Waals surface area (Å²) in [6.45, 7) is 6.29. The van der Waals surface area contributed by atoms with Crippen LogP contribution in [0, 0.1) is 5.92 Å². The highest BCUT2D eigenvalue weighted by molar-refractivity contribution is 8.14. The number of thioether (sulfide) groups is 1. The summed E-state index contributed by atoms with van der Waals surface area (Å²) >= 11 is 13.7. The molecule has 1 saturated carbocycles. The molecular weight excluding hydrogens is 305 g/mol. The van der Waals surface area contributed by atoms with Crippen molar-refractivity contribution >= 4 is 46.0 Å². The Bertz CT molecular complexity index is 421. The molecule has 0 aromatic carbocycles. The van der Waals surface area contributed by atoms with Crippen molar-refractivity contribution < 1.29 is 4.79 Å². The highest BCUT2D eigenvalue weighted by Gasteiger charge is 2.57. The number of carbonyl (C=O) groups excluding carboxylic acids is 1. The molecule has 1 saturated heterocycles. The van der Waals surface area contributed by atoms with E-state index in [-0.39, 0.29) is 11.8 Å². The van der Waals surface area contributed by atoms with Gasteiger partial charge in [0.2, 0.25) is 5.91 Å². The van der Waals surface area contributed by atoms with Crippen LogP contribution in [0.5, 0.6) is 0 Å². The van der Waals surface area contributed by atoms with Gasteiger partial charge in [-0.3, -0.25) is 9.79 Å². The molecule has 3 aliphatic rings. The lowest BCUT2D eigenvalue weighted by molar-refractivity contribution is -0.133. The van der Waals surface area contributed by atoms with Gasteiger partial charge in [-0.25, -0.2) is 0 Å². The molecular formula is C12H17Cl2N3OS. The maximum absolute atomic E-state index is 12.2. The average molecular weight is 322 g/mol. The zero-order chi connectivity index (χ0) is 13.6. The van der Waals surface area contributed by atoms with Crippen molar-refractivity contribution in [3.05, 3.63) is 0 Å². The van der Waals surface area contributed by atoms with E-state index in [1.54, 1.807) is 0 Å². The van der Waals surface area contributed by atoms with Crippen LogP contribution < -0.4 is 0 Å². The van der Waals surface area contributed by atoms with Crippen LogP contribution in [0.25, 0.3) is 0 Å². The quantitative estimate of drug-likeness (QED) is 0.691. The number of hydrogen-bond acceptors (Lipinski definition) is 4. The molecule has 0 N–H and O–H groups in total. The third kappa shape index (κ3) is 2.83. The fraction of sp³-hybridized carbons (Fsp3) is 0.833. The largest absolute Gasteiger partial charge is 0.348 e. The molecule has 2 atom stereocenters. The van der Waals surface area contributed by atoms with Crippen molar-refractivity contribution in [1.29, 1.82) is 0 Å². The molecule has 2 fully saturated rings. The van der Waals surface area contributed by atoms with Gasteiger partial charge >= 0.3 is 0 Å². The van der Waals surface area contributed by atoms with Crippen molar-refractivity contribution in [2.45, 2.75) is 22.9 Å². The molecule has 0 bridgehead atoms. The molecule has 0 aromatic heterocycles. The van der Waals surface area contributed by atoms with Crippen LogP contribution in [-0.2, 0) is 4.79 Å². The van der Waals surface area contributed by atoms with E-state index in [2.05, 4.69) is 16.8 Å². The smallest absolute Gasteiger partial charge is 0.228 e. The van der Waals surface area contributed by atoms with E-state index in [9.17, 15) is 4.79 Å². The summed E-state index contributed by atoms with van der Waals surface area (Å²) in [6, 6.07) is 0. The molecule has 2 heterocycles. The van der Waals surface area contributed by atoms with Crippen molar-refractivity contribution in [2.75, 3.05) is 32.7 Å². The number of hydrogen-bond donors (Lipinski definition) is 0. The summed E-state index contributed by atoms with van der Waals surface area (Å²) < 4.78 is -0.810. The Hall–Kier alpha value is -0.130. The number of nitrogens with zero attached hydrogens (tertiary/aromatic N) is 3. The molecule has 19 heavy (non-hydrogen) atoms. The number of amidine groups is 1. The number of piperazine rings is 1. The summed E-state index contributed by atoms with van der Waals surface area (Å²) in [5, 5.41) is 1.71. The normalized spacial score (nSPS) is 33.3. The molecule has 0 aromatic rings. The second-order valence-corrected chi connectivity index (χ2v) is 8.33. The topological polar surface area (TPSA) is 35.9 Å². The lowest BCUT2D eigenvalue weighted by Gasteiger charge is -2.35. The van der Waals surface area contributed by atoms with Gasteiger partial charge < -0.3 is 9.80 Å². The van der Waals surface area contributed by atoms with Gasteiger partial charge in [-0.1, -0.05) is 18.7 Å². The van der Waals surface area contributed by atoms with E-state index in [1.807, 2.05) is 16.7 Å². The SMILES string of the molecule is C[C@@H]1CN=C(N2CCN(C(=O)[C@H]3CC3(Cl)Cl)CC2)S1. The Labute approximate surface area is 127 Å². The van der Waals surface area contributed by atoms with E-state index < -0.39 is 4.33 Å². The molecule has 1 aliphatic carbocycles. The second-order valence-electron chi connectivity index (χ2n) is 5.38.